The van der Waals surface area contributed by atoms with E-state index in [0.29, 0.717) is 37.0 Å². The molecule has 0 aromatic rings. The van der Waals surface area contributed by atoms with Gasteiger partial charge in [0.1, 0.15) is 6.17 Å². The molecular weight excluding hydrogens is 333 g/mol. The number of ether oxygens (including phenoxy) is 1. The Hall–Kier alpha value is -0.310. The monoisotopic (exact) mass is 367 g/mol. The maximum absolute atomic E-state index is 14.5. The van der Waals surface area contributed by atoms with E-state index in [9.17, 15) is 4.39 Å². The zero-order valence-corrected chi connectivity index (χ0v) is 16.0. The first-order chi connectivity index (χ1) is 12.5. The molecule has 7 heteroatoms. The van der Waals surface area contributed by atoms with Gasteiger partial charge < -0.3 is 10.1 Å². The van der Waals surface area contributed by atoms with E-state index in [4.69, 9.17) is 4.74 Å². The fourth-order valence-corrected chi connectivity index (χ4v) is 6.23. The van der Waals surface area contributed by atoms with Crippen molar-refractivity contribution in [3.63, 3.8) is 0 Å². The molecule has 26 heavy (non-hydrogen) atoms. The van der Waals surface area contributed by atoms with Gasteiger partial charge in [-0.25, -0.2) is 9.40 Å². The van der Waals surface area contributed by atoms with Crippen LogP contribution in [0.2, 0.25) is 0 Å². The smallest absolute Gasteiger partial charge is 0.101 e. The first-order valence-corrected chi connectivity index (χ1v) is 10.6. The van der Waals surface area contributed by atoms with E-state index in [1.54, 1.807) is 0 Å². The highest BCUT2D eigenvalue weighted by Gasteiger charge is 2.52. The molecule has 0 aromatic carbocycles. The highest BCUT2D eigenvalue weighted by atomic mass is 19.1. The first kappa shape index (κ1) is 17.8. The van der Waals surface area contributed by atoms with E-state index in [1.165, 1.54) is 0 Å². The van der Waals surface area contributed by atoms with Crippen molar-refractivity contribution in [2.24, 2.45) is 17.8 Å². The summed E-state index contributed by atoms with van der Waals surface area (Å²) in [6, 6.07) is 0.258. The lowest BCUT2D eigenvalue weighted by Gasteiger charge is -2.43. The number of hydrazine groups is 1. The summed E-state index contributed by atoms with van der Waals surface area (Å²) < 4.78 is 21.1. The quantitative estimate of drug-likeness (QED) is 0.502. The Morgan fingerprint density at radius 3 is 2.92 bits per heavy atom. The predicted molar refractivity (Wildman–Crippen MR) is 98.0 cm³/mol. The van der Waals surface area contributed by atoms with E-state index in [1.807, 2.05) is 0 Å². The van der Waals surface area contributed by atoms with E-state index >= 15 is 0 Å². The van der Waals surface area contributed by atoms with Crippen molar-refractivity contribution in [3.05, 3.63) is 0 Å². The number of hydrogen-bond acceptors (Lipinski definition) is 6. The van der Waals surface area contributed by atoms with Crippen LogP contribution >= 0.6 is 0 Å². The molecule has 1 saturated carbocycles. The van der Waals surface area contributed by atoms with Crippen LogP contribution in [0.1, 0.15) is 39.5 Å². The van der Waals surface area contributed by atoms with Crippen LogP contribution in [0, 0.1) is 17.8 Å². The number of nitrogens with zero attached hydrogens (tertiary/aromatic N) is 1. The second-order valence-electron chi connectivity index (χ2n) is 9.58. The molecule has 5 fully saturated rings. The van der Waals surface area contributed by atoms with Gasteiger partial charge in [-0.3, -0.25) is 16.1 Å². The summed E-state index contributed by atoms with van der Waals surface area (Å²) in [5, 5.41) is 13.6. The number of hydrogen-bond donors (Lipinski definition) is 4. The molecule has 4 aliphatic heterocycles. The molecule has 148 valence electrons. The predicted octanol–water partition coefficient (Wildman–Crippen LogP) is 0.562. The van der Waals surface area contributed by atoms with E-state index in [-0.39, 0.29) is 23.7 Å². The summed E-state index contributed by atoms with van der Waals surface area (Å²) in [7, 11) is 0. The fraction of sp³-hybridized carbons (Fsp3) is 1.00. The molecule has 5 rings (SSSR count). The van der Waals surface area contributed by atoms with Crippen molar-refractivity contribution in [1.29, 1.82) is 0 Å². The van der Waals surface area contributed by atoms with Crippen LogP contribution in [0.25, 0.3) is 0 Å². The Bertz CT molecular complexity index is 538. The van der Waals surface area contributed by atoms with Gasteiger partial charge in [0, 0.05) is 44.1 Å². The van der Waals surface area contributed by atoms with Gasteiger partial charge in [-0.2, -0.15) is 0 Å². The molecule has 6 nitrogen and oxygen atoms in total. The lowest BCUT2D eigenvalue weighted by atomic mass is 9.73. The molecule has 4 saturated heterocycles. The number of halogens is 1. The first-order valence-electron chi connectivity index (χ1n) is 10.6. The largest absolute Gasteiger partial charge is 0.370 e. The summed E-state index contributed by atoms with van der Waals surface area (Å²) in [5.41, 5.74) is 3.38. The highest BCUT2D eigenvalue weighted by molar-refractivity contribution is 5.02. The van der Waals surface area contributed by atoms with E-state index in [0.717, 1.165) is 39.0 Å². The molecule has 4 bridgehead atoms. The van der Waals surface area contributed by atoms with Crippen LogP contribution in [-0.2, 0) is 4.74 Å². The van der Waals surface area contributed by atoms with Crippen molar-refractivity contribution in [2.75, 3.05) is 26.2 Å². The topological polar surface area (TPSA) is 60.6 Å². The van der Waals surface area contributed by atoms with Crippen molar-refractivity contribution in [2.45, 2.75) is 75.8 Å². The molecule has 0 spiro atoms. The second-order valence-corrected chi connectivity index (χ2v) is 9.58. The Morgan fingerprint density at radius 2 is 2.04 bits per heavy atom. The standard InChI is InChI=1S/C19H34FN5O/c1-11-15-6-14(20)5-12-7-19(2,26-17(12)15)10-21-8-13-9-22-25-4-3-16(23-11)24-18(13)25/h11-18,21-24H,3-10H2,1-2H3/t11-,12?,13?,14?,15?,16?,17?,18?,19-/m1/s1. The average molecular weight is 368 g/mol. The van der Waals surface area contributed by atoms with Crippen molar-refractivity contribution in [1.82, 2.24) is 26.4 Å². The summed E-state index contributed by atoms with van der Waals surface area (Å²) >= 11 is 0. The molecule has 0 radical (unpaired) electrons. The maximum Gasteiger partial charge on any atom is 0.101 e. The molecule has 7 unspecified atom stereocenters. The van der Waals surface area contributed by atoms with Crippen LogP contribution in [0.5, 0.6) is 0 Å². The van der Waals surface area contributed by atoms with Gasteiger partial charge in [0.05, 0.1) is 24.0 Å². The van der Waals surface area contributed by atoms with Gasteiger partial charge >= 0.3 is 0 Å². The lowest BCUT2D eigenvalue weighted by molar-refractivity contribution is -0.0819. The summed E-state index contributed by atoms with van der Waals surface area (Å²) in [6.07, 6.45) is 3.51. The molecule has 4 heterocycles. The third-order valence-electron chi connectivity index (χ3n) is 7.47. The number of fused-ring (bicyclic) bond motifs is 2. The highest BCUT2D eigenvalue weighted by Crippen LogP contribution is 2.47. The third-order valence-corrected chi connectivity index (χ3v) is 7.47. The van der Waals surface area contributed by atoms with Gasteiger partial charge in [-0.05, 0) is 45.4 Å². The minimum atomic E-state index is -0.685. The van der Waals surface area contributed by atoms with Gasteiger partial charge in [0.2, 0.25) is 0 Å². The Labute approximate surface area is 155 Å². The van der Waals surface area contributed by atoms with Gasteiger partial charge in [0.25, 0.3) is 0 Å². The van der Waals surface area contributed by atoms with E-state index in [2.05, 4.69) is 40.2 Å². The van der Waals surface area contributed by atoms with Crippen LogP contribution in [0.3, 0.4) is 0 Å². The zero-order chi connectivity index (χ0) is 17.9. The Kier molecular flexibility index (Phi) is 4.54. The molecule has 9 atom stereocenters. The van der Waals surface area contributed by atoms with Crippen molar-refractivity contribution in [3.8, 4) is 0 Å². The minimum Gasteiger partial charge on any atom is -0.370 e. The van der Waals surface area contributed by atoms with Gasteiger partial charge in [-0.15, -0.1) is 0 Å². The number of alkyl halides is 1. The molecular formula is C19H34FN5O. The fourth-order valence-electron chi connectivity index (χ4n) is 6.23. The van der Waals surface area contributed by atoms with Crippen molar-refractivity contribution >= 4 is 0 Å². The molecule has 5 aliphatic rings. The van der Waals surface area contributed by atoms with Gasteiger partial charge in [0.15, 0.2) is 0 Å². The zero-order valence-electron chi connectivity index (χ0n) is 16.0. The van der Waals surface area contributed by atoms with Gasteiger partial charge in [-0.1, -0.05) is 0 Å². The maximum atomic E-state index is 14.5. The summed E-state index contributed by atoms with van der Waals surface area (Å²) in [5.74, 6) is 1.16. The van der Waals surface area contributed by atoms with Crippen LogP contribution in [0.15, 0.2) is 0 Å². The number of rotatable bonds is 0. The Morgan fingerprint density at radius 1 is 1.15 bits per heavy atom. The molecule has 4 N–H and O–H groups in total. The minimum absolute atomic E-state index is 0.167. The number of nitrogens with one attached hydrogen (secondary N) is 4. The van der Waals surface area contributed by atoms with E-state index < -0.39 is 6.17 Å². The average Bonchev–Trinajstić information content (AvgIpc) is 3.14. The molecule has 1 aliphatic carbocycles. The van der Waals surface area contributed by atoms with Crippen LogP contribution in [0.4, 0.5) is 4.39 Å². The summed E-state index contributed by atoms with van der Waals surface area (Å²) in [4.78, 5) is 0. The summed E-state index contributed by atoms with van der Waals surface area (Å²) in [6.45, 7) is 8.35. The normalized spacial score (nSPS) is 55.0. The van der Waals surface area contributed by atoms with Crippen LogP contribution in [-0.4, -0.2) is 67.4 Å². The third kappa shape index (κ3) is 3.10. The molecule has 0 aromatic heterocycles. The SMILES string of the molecule is C[C@H]1NC2CCN3NCC(CNC[C@@]4(C)CC5CC(F)CC1C5O4)C3N2. The lowest BCUT2D eigenvalue weighted by Crippen LogP contribution is -2.63. The van der Waals surface area contributed by atoms with Crippen LogP contribution < -0.4 is 21.4 Å². The van der Waals surface area contributed by atoms with Crippen molar-refractivity contribution < 1.29 is 9.13 Å². The molecule has 0 amide bonds. The Balaban J connectivity index is 1.41. The second kappa shape index (κ2) is 6.64.